The highest BCUT2D eigenvalue weighted by Crippen LogP contribution is 2.25. The fourth-order valence-electron chi connectivity index (χ4n) is 1.90. The molecule has 0 aromatic heterocycles. The van der Waals surface area contributed by atoms with Gasteiger partial charge < -0.3 is 10.1 Å². The minimum atomic E-state index is -0.0873. The molecule has 0 spiro atoms. The van der Waals surface area contributed by atoms with E-state index >= 15 is 0 Å². The number of amides is 1. The number of ether oxygens (including phenoxy) is 1. The van der Waals surface area contributed by atoms with E-state index in [2.05, 4.69) is 19.2 Å². The average Bonchev–Trinajstić information content (AvgIpc) is 2.41. The quantitative estimate of drug-likeness (QED) is 0.850. The maximum absolute atomic E-state index is 12.1. The molecule has 0 aliphatic rings. The number of carbonyl (C=O) groups is 1. The highest BCUT2D eigenvalue weighted by molar-refractivity contribution is 5.96. The van der Waals surface area contributed by atoms with Gasteiger partial charge in [-0.15, -0.1) is 0 Å². The number of hydrogen-bond donors (Lipinski definition) is 1. The number of nitrogens with one attached hydrogen (secondary N) is 1. The van der Waals surface area contributed by atoms with Crippen LogP contribution in [0.1, 0.15) is 43.1 Å². The molecular weight excluding hydrogens is 238 g/mol. The van der Waals surface area contributed by atoms with Crippen LogP contribution in [0.25, 0.3) is 0 Å². The fourth-order valence-corrected chi connectivity index (χ4v) is 1.90. The Labute approximate surface area is 115 Å². The molecule has 0 aliphatic heterocycles. The number of carbonyl (C=O) groups excluding carboxylic acids is 1. The lowest BCUT2D eigenvalue weighted by atomic mass is 9.97. The monoisotopic (exact) mass is 261 g/mol. The highest BCUT2D eigenvalue weighted by atomic mass is 16.5. The molecule has 104 valence electrons. The summed E-state index contributed by atoms with van der Waals surface area (Å²) >= 11 is 0. The van der Waals surface area contributed by atoms with Crippen LogP contribution in [-0.4, -0.2) is 13.0 Å². The first kappa shape index (κ1) is 15.3. The maximum Gasteiger partial charge on any atom is 0.255 e. The molecule has 1 amide bonds. The summed E-state index contributed by atoms with van der Waals surface area (Å²) in [5, 5.41) is 2.75. The van der Waals surface area contributed by atoms with E-state index in [0.29, 0.717) is 11.5 Å². The van der Waals surface area contributed by atoms with Crippen molar-refractivity contribution in [1.29, 1.82) is 0 Å². The second-order valence-electron chi connectivity index (χ2n) is 4.89. The zero-order valence-corrected chi connectivity index (χ0v) is 12.2. The van der Waals surface area contributed by atoms with E-state index in [9.17, 15) is 4.79 Å². The zero-order chi connectivity index (χ0) is 14.3. The molecule has 0 unspecified atom stereocenters. The van der Waals surface area contributed by atoms with E-state index in [-0.39, 0.29) is 5.91 Å². The molecule has 19 heavy (non-hydrogen) atoms. The predicted molar refractivity (Wildman–Crippen MR) is 78.4 cm³/mol. The van der Waals surface area contributed by atoms with Crippen molar-refractivity contribution >= 4 is 5.91 Å². The summed E-state index contributed by atoms with van der Waals surface area (Å²) in [7, 11) is 1.64. The Morgan fingerprint density at radius 2 is 2.16 bits per heavy atom. The van der Waals surface area contributed by atoms with Crippen molar-refractivity contribution in [2.75, 3.05) is 7.11 Å². The minimum Gasteiger partial charge on any atom is -0.496 e. The van der Waals surface area contributed by atoms with E-state index in [1.165, 1.54) is 0 Å². The number of hydrogen-bond acceptors (Lipinski definition) is 2. The molecule has 1 N–H and O–H groups in total. The van der Waals surface area contributed by atoms with Gasteiger partial charge in [-0.2, -0.15) is 0 Å². The average molecular weight is 261 g/mol. The van der Waals surface area contributed by atoms with Crippen LogP contribution in [0.15, 0.2) is 30.5 Å². The van der Waals surface area contributed by atoms with Gasteiger partial charge in [0.1, 0.15) is 5.75 Å². The minimum absolute atomic E-state index is 0.0873. The van der Waals surface area contributed by atoms with E-state index in [0.717, 1.165) is 24.2 Å². The van der Waals surface area contributed by atoms with Gasteiger partial charge in [0.15, 0.2) is 0 Å². The first-order valence-corrected chi connectivity index (χ1v) is 6.68. The summed E-state index contributed by atoms with van der Waals surface area (Å²) in [4.78, 5) is 12.1. The van der Waals surface area contributed by atoms with Crippen LogP contribution < -0.4 is 10.1 Å². The number of methoxy groups -OCH3 is 1. The molecule has 1 aromatic rings. The van der Waals surface area contributed by atoms with Gasteiger partial charge in [0, 0.05) is 11.1 Å². The Kier molecular flexibility index (Phi) is 6.13. The molecule has 3 nitrogen and oxygen atoms in total. The highest BCUT2D eigenvalue weighted by Gasteiger charge is 2.14. The summed E-state index contributed by atoms with van der Waals surface area (Å²) < 4.78 is 5.37. The number of rotatable bonds is 6. The van der Waals surface area contributed by atoms with E-state index in [4.69, 9.17) is 4.74 Å². The molecular formula is C16H23NO2. The molecule has 1 rings (SSSR count). The van der Waals surface area contributed by atoms with E-state index in [1.54, 1.807) is 19.4 Å². The van der Waals surface area contributed by atoms with Crippen molar-refractivity contribution in [3.8, 4) is 5.75 Å². The SMILES string of the molecule is C/C=C\NC(=O)c1cccc(OC)c1CCC(C)C. The van der Waals surface area contributed by atoms with Crippen LogP contribution in [0.2, 0.25) is 0 Å². The van der Waals surface area contributed by atoms with Crippen LogP contribution >= 0.6 is 0 Å². The van der Waals surface area contributed by atoms with Gasteiger partial charge in [-0.3, -0.25) is 4.79 Å². The van der Waals surface area contributed by atoms with Crippen LogP contribution in [0, 0.1) is 5.92 Å². The largest absolute Gasteiger partial charge is 0.496 e. The van der Waals surface area contributed by atoms with Gasteiger partial charge in [0.2, 0.25) is 0 Å². The Balaban J connectivity index is 3.04. The third-order valence-corrected chi connectivity index (χ3v) is 2.95. The van der Waals surface area contributed by atoms with E-state index < -0.39 is 0 Å². The fraction of sp³-hybridized carbons (Fsp3) is 0.438. The van der Waals surface area contributed by atoms with Crippen LogP contribution in [0.3, 0.4) is 0 Å². The smallest absolute Gasteiger partial charge is 0.255 e. The standard InChI is InChI=1S/C16H23NO2/c1-5-11-17-16(18)14-7-6-8-15(19-4)13(14)10-9-12(2)3/h5-8,11-12H,9-10H2,1-4H3,(H,17,18)/b11-5-. The van der Waals surface area contributed by atoms with Gasteiger partial charge in [-0.25, -0.2) is 0 Å². The summed E-state index contributed by atoms with van der Waals surface area (Å²) in [6, 6.07) is 5.60. The van der Waals surface area contributed by atoms with Crippen molar-refractivity contribution in [3.05, 3.63) is 41.6 Å². The summed E-state index contributed by atoms with van der Waals surface area (Å²) in [5.74, 6) is 1.29. The Morgan fingerprint density at radius 3 is 2.74 bits per heavy atom. The molecule has 0 radical (unpaired) electrons. The first-order chi connectivity index (χ1) is 9.10. The summed E-state index contributed by atoms with van der Waals surface area (Å²) in [6.07, 6.45) is 5.32. The zero-order valence-electron chi connectivity index (χ0n) is 12.2. The maximum atomic E-state index is 12.1. The third-order valence-electron chi connectivity index (χ3n) is 2.95. The van der Waals surface area contributed by atoms with Crippen molar-refractivity contribution in [1.82, 2.24) is 5.32 Å². The number of allylic oxidation sites excluding steroid dienone is 1. The van der Waals surface area contributed by atoms with Crippen LogP contribution in [-0.2, 0) is 6.42 Å². The second kappa shape index (κ2) is 7.62. The predicted octanol–water partition coefficient (Wildman–Crippen LogP) is 3.55. The first-order valence-electron chi connectivity index (χ1n) is 6.68. The molecule has 0 saturated heterocycles. The van der Waals surface area contributed by atoms with Gasteiger partial charge in [0.05, 0.1) is 7.11 Å². The lowest BCUT2D eigenvalue weighted by Gasteiger charge is -2.14. The van der Waals surface area contributed by atoms with Gasteiger partial charge in [0.25, 0.3) is 5.91 Å². The Morgan fingerprint density at radius 1 is 1.42 bits per heavy atom. The summed E-state index contributed by atoms with van der Waals surface area (Å²) in [5.41, 5.74) is 1.68. The molecule has 1 aromatic carbocycles. The topological polar surface area (TPSA) is 38.3 Å². The van der Waals surface area contributed by atoms with Crippen LogP contribution in [0.5, 0.6) is 5.75 Å². The lowest BCUT2D eigenvalue weighted by molar-refractivity contribution is 0.0968. The van der Waals surface area contributed by atoms with Gasteiger partial charge in [-0.05, 0) is 44.0 Å². The molecule has 0 fully saturated rings. The normalized spacial score (nSPS) is 11.0. The lowest BCUT2D eigenvalue weighted by Crippen LogP contribution is -2.19. The third kappa shape index (κ3) is 4.43. The molecule has 0 atom stereocenters. The van der Waals surface area contributed by atoms with Crippen LogP contribution in [0.4, 0.5) is 0 Å². The Bertz CT molecular complexity index is 450. The summed E-state index contributed by atoms with van der Waals surface area (Å²) in [6.45, 7) is 6.22. The van der Waals surface area contributed by atoms with Gasteiger partial charge >= 0.3 is 0 Å². The molecule has 0 aliphatic carbocycles. The molecule has 0 heterocycles. The van der Waals surface area contributed by atoms with Crippen molar-refractivity contribution in [2.45, 2.75) is 33.6 Å². The molecule has 0 bridgehead atoms. The van der Waals surface area contributed by atoms with E-state index in [1.807, 2.05) is 25.1 Å². The molecule has 0 saturated carbocycles. The van der Waals surface area contributed by atoms with Crippen molar-refractivity contribution in [3.63, 3.8) is 0 Å². The number of benzene rings is 1. The van der Waals surface area contributed by atoms with Crippen molar-refractivity contribution < 1.29 is 9.53 Å². The molecule has 3 heteroatoms. The van der Waals surface area contributed by atoms with Crippen molar-refractivity contribution in [2.24, 2.45) is 5.92 Å². The second-order valence-corrected chi connectivity index (χ2v) is 4.89. The van der Waals surface area contributed by atoms with Gasteiger partial charge in [-0.1, -0.05) is 26.0 Å². The Hall–Kier alpha value is -1.77.